The van der Waals surface area contributed by atoms with Crippen molar-refractivity contribution in [3.05, 3.63) is 16.3 Å². The first-order valence-corrected chi connectivity index (χ1v) is 3.74. The summed E-state index contributed by atoms with van der Waals surface area (Å²) < 4.78 is 12.2. The molecule has 0 N–H and O–H groups in total. The zero-order chi connectivity index (χ0) is 6.69. The van der Waals surface area contributed by atoms with Crippen LogP contribution in [0.3, 0.4) is 0 Å². The van der Waals surface area contributed by atoms with Gasteiger partial charge in [0.15, 0.2) is 0 Å². The van der Waals surface area contributed by atoms with E-state index in [0.717, 1.165) is 29.1 Å². The van der Waals surface area contributed by atoms with Gasteiger partial charge in [-0.25, -0.2) is 4.98 Å². The van der Waals surface area contributed by atoms with Gasteiger partial charge in [-0.05, 0) is 6.42 Å². The van der Waals surface area contributed by atoms with E-state index < -0.39 is 0 Å². The Morgan fingerprint density at radius 1 is 1.78 bits per heavy atom. The molecule has 50 valence electrons. The molecule has 1 aromatic rings. The highest BCUT2D eigenvalue weighted by molar-refractivity contribution is 7.09. The molecule has 9 heavy (non-hydrogen) atoms. The van der Waals surface area contributed by atoms with Gasteiger partial charge in [-0.15, -0.1) is 0 Å². The number of hydrogen-bond donors (Lipinski definition) is 0. The van der Waals surface area contributed by atoms with E-state index in [2.05, 4.69) is 11.9 Å². The van der Waals surface area contributed by atoms with E-state index in [1.807, 2.05) is 0 Å². The summed E-state index contributed by atoms with van der Waals surface area (Å²) in [6.45, 7) is 2.07. The Labute approximate surface area is 57.6 Å². The molecule has 0 aliphatic heterocycles. The van der Waals surface area contributed by atoms with Gasteiger partial charge in [0, 0.05) is 11.1 Å². The van der Waals surface area contributed by atoms with Crippen LogP contribution < -0.4 is 0 Å². The highest BCUT2D eigenvalue weighted by Crippen LogP contribution is 2.11. The molecule has 1 heterocycles. The highest BCUT2D eigenvalue weighted by Gasteiger charge is 1.96. The largest absolute Gasteiger partial charge is 0.269 e. The van der Waals surface area contributed by atoms with E-state index in [-0.39, 0.29) is 5.26 Å². The summed E-state index contributed by atoms with van der Waals surface area (Å²) in [6.07, 6.45) is 3.60. The average molecular weight is 145 g/mol. The number of thiazole rings is 1. The third-order valence-electron chi connectivity index (χ3n) is 1.02. The molecule has 0 spiro atoms. The van der Waals surface area contributed by atoms with Crippen LogP contribution in [0.4, 0.5) is 4.39 Å². The van der Waals surface area contributed by atoms with E-state index in [0.29, 0.717) is 0 Å². The normalized spacial score (nSPS) is 10.0. The summed E-state index contributed by atoms with van der Waals surface area (Å²) in [4.78, 5) is 4.52. The van der Waals surface area contributed by atoms with Crippen LogP contribution in [0.25, 0.3) is 0 Å². The van der Waals surface area contributed by atoms with Crippen LogP contribution in [0.2, 0.25) is 0 Å². The van der Waals surface area contributed by atoms with Crippen molar-refractivity contribution in [1.82, 2.24) is 4.98 Å². The van der Waals surface area contributed by atoms with Crippen LogP contribution in [0.1, 0.15) is 18.2 Å². The van der Waals surface area contributed by atoms with Crippen molar-refractivity contribution in [2.24, 2.45) is 0 Å². The Kier molecular flexibility index (Phi) is 2.16. The molecule has 0 aliphatic carbocycles. The summed E-state index contributed by atoms with van der Waals surface area (Å²) in [5.41, 5.74) is 0. The monoisotopic (exact) mass is 145 g/mol. The Hall–Kier alpha value is -0.440. The van der Waals surface area contributed by atoms with Gasteiger partial charge in [0.2, 0.25) is 0 Å². The number of halogens is 1. The second-order valence-corrected chi connectivity index (χ2v) is 2.89. The smallest absolute Gasteiger partial charge is 0.218 e. The minimum atomic E-state index is -0.321. The molecule has 0 atom stereocenters. The van der Waals surface area contributed by atoms with Crippen molar-refractivity contribution in [3.8, 4) is 0 Å². The van der Waals surface area contributed by atoms with Gasteiger partial charge in [0.25, 0.3) is 5.26 Å². The predicted molar refractivity (Wildman–Crippen MR) is 36.1 cm³/mol. The van der Waals surface area contributed by atoms with E-state index in [1.165, 1.54) is 0 Å². The maximum absolute atomic E-state index is 12.2. The zero-order valence-corrected chi connectivity index (χ0v) is 6.04. The molecule has 0 aromatic carbocycles. The van der Waals surface area contributed by atoms with Crippen LogP contribution in [-0.4, -0.2) is 4.98 Å². The predicted octanol–water partition coefficient (Wildman–Crippen LogP) is 2.23. The molecule has 0 saturated carbocycles. The first kappa shape index (κ1) is 6.68. The second kappa shape index (κ2) is 2.92. The van der Waals surface area contributed by atoms with E-state index in [1.54, 1.807) is 6.20 Å². The molecule has 0 aliphatic rings. The van der Waals surface area contributed by atoms with Crippen molar-refractivity contribution < 1.29 is 4.39 Å². The minimum absolute atomic E-state index is 0.321. The van der Waals surface area contributed by atoms with Crippen LogP contribution in [0.15, 0.2) is 6.20 Å². The van der Waals surface area contributed by atoms with Crippen LogP contribution in [-0.2, 0) is 6.42 Å². The van der Waals surface area contributed by atoms with Gasteiger partial charge in [-0.2, -0.15) is 4.39 Å². The van der Waals surface area contributed by atoms with Crippen molar-refractivity contribution >= 4 is 11.3 Å². The van der Waals surface area contributed by atoms with Gasteiger partial charge in [-0.3, -0.25) is 0 Å². The Bertz CT molecular complexity index is 185. The van der Waals surface area contributed by atoms with Crippen molar-refractivity contribution in [2.75, 3.05) is 0 Å². The number of aromatic nitrogens is 1. The second-order valence-electron chi connectivity index (χ2n) is 1.83. The van der Waals surface area contributed by atoms with Crippen molar-refractivity contribution in [2.45, 2.75) is 19.8 Å². The summed E-state index contributed by atoms with van der Waals surface area (Å²) in [6, 6.07) is 0. The maximum Gasteiger partial charge on any atom is 0.269 e. The third-order valence-corrected chi connectivity index (χ3v) is 1.87. The topological polar surface area (TPSA) is 12.9 Å². The highest BCUT2D eigenvalue weighted by atomic mass is 32.1. The fourth-order valence-electron chi connectivity index (χ4n) is 0.646. The number of hydrogen-bond acceptors (Lipinski definition) is 2. The Balaban J connectivity index is 2.61. The van der Waals surface area contributed by atoms with Gasteiger partial charge < -0.3 is 0 Å². The zero-order valence-electron chi connectivity index (χ0n) is 5.22. The molecule has 1 aromatic heterocycles. The minimum Gasteiger partial charge on any atom is -0.218 e. The Morgan fingerprint density at radius 2 is 2.56 bits per heavy atom. The number of nitrogens with zero attached hydrogens (tertiary/aromatic N) is 1. The molecular weight excluding hydrogens is 137 g/mol. The standard InChI is InChI=1S/C6H8FNS/c1-2-3-5-4-8-6(7)9-5/h4H,2-3H2,1H3. The lowest BCUT2D eigenvalue weighted by Crippen LogP contribution is -1.72. The number of rotatable bonds is 2. The van der Waals surface area contributed by atoms with Crippen LogP contribution in [0.5, 0.6) is 0 Å². The van der Waals surface area contributed by atoms with Gasteiger partial charge in [-0.1, -0.05) is 24.7 Å². The third kappa shape index (κ3) is 1.75. The van der Waals surface area contributed by atoms with Crippen molar-refractivity contribution in [3.63, 3.8) is 0 Å². The number of aryl methyl sites for hydroxylation is 1. The molecule has 0 bridgehead atoms. The molecule has 0 fully saturated rings. The first-order valence-electron chi connectivity index (χ1n) is 2.93. The molecule has 1 rings (SSSR count). The summed E-state index contributed by atoms with van der Waals surface area (Å²) >= 11 is 1.13. The SMILES string of the molecule is CCCc1cnc(F)s1. The molecule has 0 radical (unpaired) electrons. The molecular formula is C6H8FNS. The fourth-order valence-corrected chi connectivity index (χ4v) is 1.38. The fraction of sp³-hybridized carbons (Fsp3) is 0.500. The lowest BCUT2D eigenvalue weighted by atomic mass is 10.3. The van der Waals surface area contributed by atoms with Gasteiger partial charge in [0.1, 0.15) is 0 Å². The summed E-state index contributed by atoms with van der Waals surface area (Å²) in [5, 5.41) is -0.321. The molecule has 0 amide bonds. The maximum atomic E-state index is 12.2. The van der Waals surface area contributed by atoms with Crippen molar-refractivity contribution in [1.29, 1.82) is 0 Å². The lowest BCUT2D eigenvalue weighted by molar-refractivity contribution is 0.617. The van der Waals surface area contributed by atoms with Crippen LogP contribution in [0, 0.1) is 5.26 Å². The van der Waals surface area contributed by atoms with Gasteiger partial charge >= 0.3 is 0 Å². The quantitative estimate of drug-likeness (QED) is 0.622. The molecule has 0 saturated heterocycles. The van der Waals surface area contributed by atoms with E-state index in [9.17, 15) is 4.39 Å². The molecule has 1 nitrogen and oxygen atoms in total. The van der Waals surface area contributed by atoms with Gasteiger partial charge in [0.05, 0.1) is 0 Å². The van der Waals surface area contributed by atoms with E-state index >= 15 is 0 Å². The first-order chi connectivity index (χ1) is 4.33. The lowest BCUT2D eigenvalue weighted by Gasteiger charge is -1.84. The summed E-state index contributed by atoms with van der Waals surface area (Å²) in [7, 11) is 0. The average Bonchev–Trinajstić information content (AvgIpc) is 2.17. The van der Waals surface area contributed by atoms with Crippen LogP contribution >= 0.6 is 11.3 Å². The molecule has 0 unspecified atom stereocenters. The van der Waals surface area contributed by atoms with E-state index in [4.69, 9.17) is 0 Å². The summed E-state index contributed by atoms with van der Waals surface area (Å²) in [5.74, 6) is 0. The molecule has 3 heteroatoms. The Morgan fingerprint density at radius 3 is 3.00 bits per heavy atom.